The van der Waals surface area contributed by atoms with E-state index in [0.717, 1.165) is 23.2 Å². The van der Waals surface area contributed by atoms with Crippen LogP contribution in [0.1, 0.15) is 25.0 Å². The Kier molecular flexibility index (Phi) is 6.33. The van der Waals surface area contributed by atoms with Gasteiger partial charge < -0.3 is 5.32 Å². The van der Waals surface area contributed by atoms with Gasteiger partial charge in [-0.15, -0.1) is 0 Å². The third-order valence-corrected chi connectivity index (χ3v) is 5.99. The van der Waals surface area contributed by atoms with Crippen LogP contribution >= 0.6 is 0 Å². The second kappa shape index (κ2) is 8.27. The summed E-state index contributed by atoms with van der Waals surface area (Å²) < 4.78 is 26.6. The average Bonchev–Trinajstić information content (AvgIpc) is 2.62. The first-order valence-electron chi connectivity index (χ1n) is 8.33. The summed E-state index contributed by atoms with van der Waals surface area (Å²) in [6, 6.07) is 14.0. The highest BCUT2D eigenvalue weighted by atomic mass is 32.2. The molecule has 25 heavy (non-hydrogen) atoms. The van der Waals surface area contributed by atoms with Gasteiger partial charge in [-0.05, 0) is 36.6 Å². The van der Waals surface area contributed by atoms with Crippen LogP contribution in [0.15, 0.2) is 53.4 Å². The standard InChI is InChI=1S/C19H24N2O3S/c1-4-16-11-9-10-15(3)19(16)20-18(22)14-21(5-2)25(23,24)17-12-7-6-8-13-17/h6-13H,4-5,14H2,1-3H3,(H,20,22). The van der Waals surface area contributed by atoms with Gasteiger partial charge >= 0.3 is 0 Å². The molecule has 0 saturated heterocycles. The number of benzene rings is 2. The smallest absolute Gasteiger partial charge is 0.243 e. The molecule has 0 aromatic heterocycles. The topological polar surface area (TPSA) is 66.5 Å². The lowest BCUT2D eigenvalue weighted by molar-refractivity contribution is -0.116. The summed E-state index contributed by atoms with van der Waals surface area (Å²) >= 11 is 0. The molecule has 1 amide bonds. The Bertz CT molecular complexity index is 833. The van der Waals surface area contributed by atoms with Crippen molar-refractivity contribution in [1.82, 2.24) is 4.31 Å². The maximum atomic E-state index is 12.7. The molecule has 2 aromatic rings. The SMILES string of the molecule is CCc1cccc(C)c1NC(=O)CN(CC)S(=O)(=O)c1ccccc1. The number of likely N-dealkylation sites (N-methyl/N-ethyl adjacent to an activating group) is 1. The third-order valence-electron chi connectivity index (χ3n) is 4.06. The number of hydrogen-bond donors (Lipinski definition) is 1. The minimum absolute atomic E-state index is 0.190. The summed E-state index contributed by atoms with van der Waals surface area (Å²) in [5, 5.41) is 2.87. The zero-order valence-corrected chi connectivity index (χ0v) is 15.6. The Hall–Kier alpha value is -2.18. The van der Waals surface area contributed by atoms with Gasteiger partial charge in [0.2, 0.25) is 15.9 Å². The van der Waals surface area contributed by atoms with Gasteiger partial charge in [-0.2, -0.15) is 4.31 Å². The highest BCUT2D eigenvalue weighted by Gasteiger charge is 2.25. The minimum Gasteiger partial charge on any atom is -0.324 e. The van der Waals surface area contributed by atoms with Crippen molar-refractivity contribution in [1.29, 1.82) is 0 Å². The van der Waals surface area contributed by atoms with Crippen molar-refractivity contribution >= 4 is 21.6 Å². The van der Waals surface area contributed by atoms with Crippen LogP contribution in [0, 0.1) is 6.92 Å². The number of amides is 1. The van der Waals surface area contributed by atoms with E-state index < -0.39 is 10.0 Å². The average molecular weight is 360 g/mol. The van der Waals surface area contributed by atoms with Gasteiger partial charge in [-0.1, -0.05) is 50.2 Å². The number of sulfonamides is 1. The molecule has 0 saturated carbocycles. The molecule has 0 unspecified atom stereocenters. The van der Waals surface area contributed by atoms with Crippen molar-refractivity contribution in [2.45, 2.75) is 32.1 Å². The van der Waals surface area contributed by atoms with E-state index in [4.69, 9.17) is 0 Å². The number of para-hydroxylation sites is 1. The Morgan fingerprint density at radius 3 is 2.32 bits per heavy atom. The van der Waals surface area contributed by atoms with E-state index in [1.54, 1.807) is 25.1 Å². The second-order valence-corrected chi connectivity index (χ2v) is 7.69. The van der Waals surface area contributed by atoms with Gasteiger partial charge in [0.25, 0.3) is 0 Å². The zero-order valence-electron chi connectivity index (χ0n) is 14.8. The maximum Gasteiger partial charge on any atom is 0.243 e. The van der Waals surface area contributed by atoms with E-state index in [1.165, 1.54) is 16.4 Å². The highest BCUT2D eigenvalue weighted by molar-refractivity contribution is 7.89. The normalized spacial score (nSPS) is 11.5. The summed E-state index contributed by atoms with van der Waals surface area (Å²) in [6.45, 7) is 5.67. The fourth-order valence-corrected chi connectivity index (χ4v) is 4.08. The van der Waals surface area contributed by atoms with E-state index in [2.05, 4.69) is 5.32 Å². The van der Waals surface area contributed by atoms with E-state index >= 15 is 0 Å². The predicted molar refractivity (Wildman–Crippen MR) is 100 cm³/mol. The number of aryl methyl sites for hydroxylation is 2. The Morgan fingerprint density at radius 2 is 1.72 bits per heavy atom. The van der Waals surface area contributed by atoms with Crippen molar-refractivity contribution in [3.05, 3.63) is 59.7 Å². The molecule has 0 radical (unpaired) electrons. The van der Waals surface area contributed by atoms with E-state index in [9.17, 15) is 13.2 Å². The third kappa shape index (κ3) is 4.46. The summed E-state index contributed by atoms with van der Waals surface area (Å²) in [5.74, 6) is -0.342. The fraction of sp³-hybridized carbons (Fsp3) is 0.316. The molecule has 0 spiro atoms. The molecule has 2 aromatic carbocycles. The van der Waals surface area contributed by atoms with Crippen LogP contribution in [0.5, 0.6) is 0 Å². The van der Waals surface area contributed by atoms with Gasteiger partial charge in [0.1, 0.15) is 0 Å². The maximum absolute atomic E-state index is 12.7. The molecule has 134 valence electrons. The van der Waals surface area contributed by atoms with Gasteiger partial charge in [0.05, 0.1) is 11.4 Å². The van der Waals surface area contributed by atoms with Crippen LogP contribution in [-0.2, 0) is 21.2 Å². The molecule has 0 aliphatic rings. The van der Waals surface area contributed by atoms with Crippen molar-refractivity contribution in [2.24, 2.45) is 0 Å². The number of anilines is 1. The number of nitrogens with one attached hydrogen (secondary N) is 1. The van der Waals surface area contributed by atoms with Crippen LogP contribution in [0.3, 0.4) is 0 Å². The first-order valence-corrected chi connectivity index (χ1v) is 9.77. The molecule has 0 fully saturated rings. The van der Waals surface area contributed by atoms with Gasteiger partial charge in [0.15, 0.2) is 0 Å². The molecule has 0 heterocycles. The molecule has 2 rings (SSSR count). The molecule has 0 aliphatic carbocycles. The molecule has 6 heteroatoms. The lowest BCUT2D eigenvalue weighted by Crippen LogP contribution is -2.38. The Morgan fingerprint density at radius 1 is 1.04 bits per heavy atom. The number of carbonyl (C=O) groups excluding carboxylic acids is 1. The lowest BCUT2D eigenvalue weighted by Gasteiger charge is -2.21. The molecule has 0 bridgehead atoms. The Labute approximate surface area is 149 Å². The molecular weight excluding hydrogens is 336 g/mol. The van der Waals surface area contributed by atoms with E-state index in [-0.39, 0.29) is 23.9 Å². The summed E-state index contributed by atoms with van der Waals surface area (Å²) in [6.07, 6.45) is 0.789. The van der Waals surface area contributed by atoms with Crippen molar-refractivity contribution < 1.29 is 13.2 Å². The fourth-order valence-electron chi connectivity index (χ4n) is 2.65. The monoisotopic (exact) mass is 360 g/mol. The summed E-state index contributed by atoms with van der Waals surface area (Å²) in [7, 11) is -3.69. The quantitative estimate of drug-likeness (QED) is 0.824. The molecule has 0 aliphatic heterocycles. The van der Waals surface area contributed by atoms with Gasteiger partial charge in [-0.3, -0.25) is 4.79 Å². The number of rotatable bonds is 7. The second-order valence-electron chi connectivity index (χ2n) is 5.76. The largest absolute Gasteiger partial charge is 0.324 e. The number of hydrogen-bond acceptors (Lipinski definition) is 3. The van der Waals surface area contributed by atoms with Gasteiger partial charge in [-0.25, -0.2) is 8.42 Å². The highest BCUT2D eigenvalue weighted by Crippen LogP contribution is 2.21. The van der Waals surface area contributed by atoms with Crippen LogP contribution in [-0.4, -0.2) is 31.7 Å². The van der Waals surface area contributed by atoms with Crippen LogP contribution in [0.2, 0.25) is 0 Å². The molecule has 1 N–H and O–H groups in total. The van der Waals surface area contributed by atoms with E-state index in [1.807, 2.05) is 32.0 Å². The first kappa shape index (κ1) is 19.1. The van der Waals surface area contributed by atoms with Crippen LogP contribution < -0.4 is 5.32 Å². The first-order chi connectivity index (χ1) is 11.9. The van der Waals surface area contributed by atoms with Crippen molar-refractivity contribution in [3.63, 3.8) is 0 Å². The summed E-state index contributed by atoms with van der Waals surface area (Å²) in [5.41, 5.74) is 2.76. The summed E-state index contributed by atoms with van der Waals surface area (Å²) in [4.78, 5) is 12.7. The molecular formula is C19H24N2O3S. The minimum atomic E-state index is -3.69. The molecule has 0 atom stereocenters. The van der Waals surface area contributed by atoms with Crippen LogP contribution in [0.4, 0.5) is 5.69 Å². The lowest BCUT2D eigenvalue weighted by atomic mass is 10.1. The van der Waals surface area contributed by atoms with Crippen molar-refractivity contribution in [3.8, 4) is 0 Å². The predicted octanol–water partition coefficient (Wildman–Crippen LogP) is 3.21. The van der Waals surface area contributed by atoms with Crippen LogP contribution in [0.25, 0.3) is 0 Å². The number of nitrogens with zero attached hydrogens (tertiary/aromatic N) is 1. The van der Waals surface area contributed by atoms with Crippen molar-refractivity contribution in [2.75, 3.05) is 18.4 Å². The Balaban J connectivity index is 2.19. The molecule has 5 nitrogen and oxygen atoms in total. The van der Waals surface area contributed by atoms with Gasteiger partial charge in [0, 0.05) is 12.2 Å². The van der Waals surface area contributed by atoms with E-state index in [0.29, 0.717) is 0 Å². The zero-order chi connectivity index (χ0) is 18.4. The number of carbonyl (C=O) groups is 1.